The van der Waals surface area contributed by atoms with Crippen LogP contribution in [-0.2, 0) is 57.2 Å². The molecule has 0 fully saturated rings. The van der Waals surface area contributed by atoms with Crippen LogP contribution in [0.2, 0.25) is 0 Å². The second kappa shape index (κ2) is 17.4. The van der Waals surface area contributed by atoms with Crippen molar-refractivity contribution in [3.8, 4) is 22.5 Å². The molecular formula is C38H34N6O9PtS2. The SMILES string of the molecule is CC(C)(C)c1ccnc(-c2cc(C(C)(C)C)ccn2)c1.Cc1ccc([S-])c([S-])c1.O=C1c2cc([N+](=O)[O-])cc([N+](=O)[O-])c2-c2c1cc([N+](=O)[O-])cc2[N+](=O)[O-].[Pt+2]. The van der Waals surface area contributed by atoms with Gasteiger partial charge in [0, 0.05) is 35.7 Å². The summed E-state index contributed by atoms with van der Waals surface area (Å²) >= 11 is 9.85. The van der Waals surface area contributed by atoms with Crippen LogP contribution in [0.4, 0.5) is 22.7 Å². The summed E-state index contributed by atoms with van der Waals surface area (Å²) < 4.78 is 0. The van der Waals surface area contributed by atoms with Crippen LogP contribution in [-0.4, -0.2) is 35.4 Å². The molecule has 0 N–H and O–H groups in total. The zero-order valence-electron chi connectivity index (χ0n) is 31.0. The van der Waals surface area contributed by atoms with E-state index >= 15 is 0 Å². The van der Waals surface area contributed by atoms with E-state index in [9.17, 15) is 45.3 Å². The normalized spacial score (nSPS) is 11.4. The van der Waals surface area contributed by atoms with Crippen molar-refractivity contribution >= 4 is 53.8 Å². The first kappa shape index (κ1) is 44.8. The van der Waals surface area contributed by atoms with E-state index in [1.54, 1.807) is 0 Å². The van der Waals surface area contributed by atoms with Crippen LogP contribution in [0.5, 0.6) is 0 Å². The second-order valence-corrected chi connectivity index (χ2v) is 15.3. The third-order valence-corrected chi connectivity index (χ3v) is 9.20. The molecule has 5 aromatic rings. The zero-order chi connectivity index (χ0) is 41.2. The minimum atomic E-state index is -1.01. The summed E-state index contributed by atoms with van der Waals surface area (Å²) in [5.41, 5.74) is 0.688. The van der Waals surface area contributed by atoms with Crippen LogP contribution >= 0.6 is 0 Å². The number of hydrogen-bond acceptors (Lipinski definition) is 13. The summed E-state index contributed by atoms with van der Waals surface area (Å²) in [5.74, 6) is -1.01. The average molecular weight is 978 g/mol. The van der Waals surface area contributed by atoms with Crippen LogP contribution in [0.3, 0.4) is 0 Å². The van der Waals surface area contributed by atoms with Crippen LogP contribution in [0.1, 0.15) is 74.2 Å². The molecule has 0 unspecified atom stereocenters. The number of aryl methyl sites for hydroxylation is 1. The summed E-state index contributed by atoms with van der Waals surface area (Å²) in [7, 11) is 0. The Bertz CT molecular complexity index is 2260. The van der Waals surface area contributed by atoms with E-state index in [1.165, 1.54) is 16.7 Å². The van der Waals surface area contributed by atoms with Gasteiger partial charge in [0.25, 0.3) is 22.7 Å². The maximum absolute atomic E-state index is 12.5. The molecule has 0 saturated carbocycles. The number of fused-ring (bicyclic) bond motifs is 3. The van der Waals surface area contributed by atoms with Crippen LogP contribution in [0, 0.1) is 47.4 Å². The van der Waals surface area contributed by atoms with Crippen molar-refractivity contribution in [3.63, 3.8) is 0 Å². The number of pyridine rings is 2. The third kappa shape index (κ3) is 10.2. The molecular weight excluding hydrogens is 944 g/mol. The first-order chi connectivity index (χ1) is 25.5. The van der Waals surface area contributed by atoms with Gasteiger partial charge in [0.15, 0.2) is 5.78 Å². The van der Waals surface area contributed by atoms with Gasteiger partial charge >= 0.3 is 21.1 Å². The van der Waals surface area contributed by atoms with Crippen LogP contribution < -0.4 is 0 Å². The number of nitrogens with zero attached hydrogens (tertiary/aromatic N) is 6. The number of non-ortho nitro benzene ring substituents is 2. The van der Waals surface area contributed by atoms with Gasteiger partial charge in [0.05, 0.1) is 54.3 Å². The molecule has 292 valence electrons. The molecule has 3 aromatic carbocycles. The molecule has 0 bridgehead atoms. The standard InChI is InChI=1S/C18H24N2.C13H4N4O9.C7H8S2.Pt/c1-17(2,3)13-7-9-19-15(11-13)16-12-14(8-10-20-16)18(4,5)6;18-13-7-1-5(14(19)20)3-9(16(23)24)11(7)12-8(13)2-6(15(21)22)4-10(12)17(25)26;1-5-2-3-6(8)7(9)4-5;/h7-12H,1-6H3;1-4H;2-4,8-9H,1H3;/q;;;+2/p-2. The molecule has 1 aliphatic carbocycles. The van der Waals surface area contributed by atoms with Gasteiger partial charge < -0.3 is 25.3 Å². The molecule has 0 saturated heterocycles. The number of benzene rings is 3. The summed E-state index contributed by atoms with van der Waals surface area (Å²) in [6, 6.07) is 16.9. The van der Waals surface area contributed by atoms with Gasteiger partial charge in [-0.1, -0.05) is 65.3 Å². The van der Waals surface area contributed by atoms with Gasteiger partial charge in [-0.3, -0.25) is 55.2 Å². The van der Waals surface area contributed by atoms with Crippen molar-refractivity contribution in [2.45, 2.75) is 69.1 Å². The molecule has 15 nitrogen and oxygen atoms in total. The van der Waals surface area contributed by atoms with Gasteiger partial charge in [-0.05, 0) is 53.1 Å². The van der Waals surface area contributed by atoms with E-state index in [-0.39, 0.29) is 31.9 Å². The number of hydrogen-bond donors (Lipinski definition) is 0. The Balaban J connectivity index is 0.000000248. The minimum Gasteiger partial charge on any atom is -0.781 e. The summed E-state index contributed by atoms with van der Waals surface area (Å²) in [5, 5.41) is 44.5. The van der Waals surface area contributed by atoms with E-state index < -0.39 is 70.5 Å². The molecule has 56 heavy (non-hydrogen) atoms. The van der Waals surface area contributed by atoms with Crippen LogP contribution in [0.25, 0.3) is 22.5 Å². The molecule has 0 atom stereocenters. The maximum Gasteiger partial charge on any atom is 2.00 e. The van der Waals surface area contributed by atoms with E-state index in [4.69, 9.17) is 25.3 Å². The Hall–Kier alpha value is -5.64. The van der Waals surface area contributed by atoms with Crippen LogP contribution in [0.15, 0.2) is 88.9 Å². The Morgan fingerprint density at radius 3 is 1.25 bits per heavy atom. The van der Waals surface area contributed by atoms with Crippen molar-refractivity contribution in [2.24, 2.45) is 0 Å². The first-order valence-electron chi connectivity index (χ1n) is 16.4. The summed E-state index contributed by atoms with van der Waals surface area (Å²) in [6.45, 7) is 15.3. The Labute approximate surface area is 346 Å². The van der Waals surface area contributed by atoms with E-state index in [2.05, 4.69) is 75.8 Å². The van der Waals surface area contributed by atoms with Gasteiger partial charge in [0.2, 0.25) is 0 Å². The quantitative estimate of drug-likeness (QED) is 0.0896. The van der Waals surface area contributed by atoms with Crippen molar-refractivity contribution in [1.29, 1.82) is 0 Å². The van der Waals surface area contributed by atoms with Gasteiger partial charge in [0.1, 0.15) is 0 Å². The molecule has 0 amide bonds. The fourth-order valence-electron chi connectivity index (χ4n) is 5.44. The maximum atomic E-state index is 12.5. The summed E-state index contributed by atoms with van der Waals surface area (Å²) in [6.07, 6.45) is 3.75. The van der Waals surface area contributed by atoms with Gasteiger partial charge in [-0.15, -0.1) is 0 Å². The Morgan fingerprint density at radius 1 is 0.554 bits per heavy atom. The molecule has 2 aromatic heterocycles. The zero-order valence-corrected chi connectivity index (χ0v) is 34.9. The molecule has 18 heteroatoms. The van der Waals surface area contributed by atoms with Crippen molar-refractivity contribution in [2.75, 3.05) is 0 Å². The predicted octanol–water partition coefficient (Wildman–Crippen LogP) is 9.07. The predicted molar refractivity (Wildman–Crippen MR) is 209 cm³/mol. The van der Waals surface area contributed by atoms with E-state index in [1.807, 2.05) is 37.5 Å². The number of nitro benzene ring substituents is 4. The minimum absolute atomic E-state index is 0. The first-order valence-corrected chi connectivity index (χ1v) is 17.2. The van der Waals surface area contributed by atoms with E-state index in [0.717, 1.165) is 33.3 Å². The van der Waals surface area contributed by atoms with Gasteiger partial charge in [-0.25, -0.2) is 0 Å². The monoisotopic (exact) mass is 977 g/mol. The second-order valence-electron chi connectivity index (χ2n) is 14.4. The molecule has 0 spiro atoms. The number of nitro groups is 4. The molecule has 0 aliphatic heterocycles. The van der Waals surface area contributed by atoms with Gasteiger partial charge in [-0.2, -0.15) is 9.79 Å². The Kier molecular flexibility index (Phi) is 13.9. The third-order valence-electron chi connectivity index (χ3n) is 8.37. The smallest absolute Gasteiger partial charge is 0.781 e. The molecule has 1 aliphatic rings. The average Bonchev–Trinajstić information content (AvgIpc) is 3.40. The van der Waals surface area contributed by atoms with Crippen molar-refractivity contribution in [1.82, 2.24) is 9.97 Å². The van der Waals surface area contributed by atoms with E-state index in [0.29, 0.717) is 12.1 Å². The van der Waals surface area contributed by atoms with Crippen molar-refractivity contribution in [3.05, 3.63) is 147 Å². The fraction of sp³-hybridized carbons (Fsp3) is 0.237. The van der Waals surface area contributed by atoms with Crippen molar-refractivity contribution < 1.29 is 45.6 Å². The number of rotatable bonds is 5. The molecule has 0 radical (unpaired) electrons. The summed E-state index contributed by atoms with van der Waals surface area (Å²) in [4.78, 5) is 63.6. The number of aromatic nitrogens is 2. The number of carbonyl (C=O) groups is 1. The molecule has 2 heterocycles. The number of ketones is 1. The fourth-order valence-corrected chi connectivity index (χ4v) is 5.82. The Morgan fingerprint density at radius 2 is 0.946 bits per heavy atom. The number of carbonyl (C=O) groups excluding carboxylic acids is 1. The largest absolute Gasteiger partial charge is 2.00 e. The molecule has 6 rings (SSSR count). The topological polar surface area (TPSA) is 215 Å².